The number of allylic oxidation sites excluding steroid dienone is 2. The molecular formula is C21H24F3N3. The highest BCUT2D eigenvalue weighted by molar-refractivity contribution is 5.93. The molecule has 144 valence electrons. The maximum atomic E-state index is 13.5. The topological polar surface area (TPSA) is 36.4 Å². The molecule has 4 rings (SSSR count). The van der Waals surface area contributed by atoms with Crippen LogP contribution in [0.25, 0.3) is 0 Å². The van der Waals surface area contributed by atoms with E-state index in [-0.39, 0.29) is 11.6 Å². The molecule has 2 unspecified atom stereocenters. The molecule has 2 N–H and O–H groups in total. The molecule has 0 amide bonds. The molecule has 0 radical (unpaired) electrons. The predicted octanol–water partition coefficient (Wildman–Crippen LogP) is 4.28. The molecule has 1 saturated carbocycles. The van der Waals surface area contributed by atoms with Crippen LogP contribution in [0.15, 0.2) is 59.1 Å². The summed E-state index contributed by atoms with van der Waals surface area (Å²) in [4.78, 5) is 4.76. The first-order chi connectivity index (χ1) is 13.0. The highest BCUT2D eigenvalue weighted by atomic mass is 19.4. The molecule has 1 aliphatic heterocycles. The Balaban J connectivity index is 1.65. The van der Waals surface area contributed by atoms with Crippen molar-refractivity contribution in [3.63, 3.8) is 0 Å². The van der Waals surface area contributed by atoms with Gasteiger partial charge in [0.25, 0.3) is 0 Å². The SMILES string of the molecule is FC(F)(F)C1=CC=CC2NC3(CCCCC3)C(=NCc3ccccc3)NC12. The van der Waals surface area contributed by atoms with E-state index >= 15 is 0 Å². The Morgan fingerprint density at radius 1 is 1.07 bits per heavy atom. The largest absolute Gasteiger partial charge is 0.414 e. The molecule has 1 saturated heterocycles. The molecule has 1 aromatic rings. The minimum absolute atomic E-state index is 0.355. The number of benzene rings is 1. The number of hydrogen-bond acceptors (Lipinski definition) is 2. The van der Waals surface area contributed by atoms with Gasteiger partial charge in [0.15, 0.2) is 0 Å². The summed E-state index contributed by atoms with van der Waals surface area (Å²) in [5, 5.41) is 6.73. The van der Waals surface area contributed by atoms with Crippen LogP contribution in [-0.2, 0) is 6.54 Å². The average Bonchev–Trinajstić information content (AvgIpc) is 2.66. The number of aliphatic imine (C=N–C) groups is 1. The number of hydrogen-bond donors (Lipinski definition) is 2. The molecule has 3 aliphatic rings. The number of fused-ring (bicyclic) bond motifs is 1. The molecule has 27 heavy (non-hydrogen) atoms. The fourth-order valence-electron chi connectivity index (χ4n) is 4.42. The Morgan fingerprint density at radius 2 is 1.81 bits per heavy atom. The Labute approximate surface area is 157 Å². The third kappa shape index (κ3) is 3.68. The lowest BCUT2D eigenvalue weighted by Gasteiger charge is -2.50. The standard InChI is InChI=1S/C21H24F3N3/c22-21(23,24)16-10-7-11-17-18(16)26-19(20(27-17)12-5-2-6-13-20)25-14-15-8-3-1-4-9-15/h1,3-4,7-11,17-18,27H,2,5-6,12-14H2,(H,25,26). The number of alkyl halides is 3. The van der Waals surface area contributed by atoms with Crippen molar-refractivity contribution in [3.05, 3.63) is 59.7 Å². The van der Waals surface area contributed by atoms with Gasteiger partial charge < -0.3 is 5.32 Å². The van der Waals surface area contributed by atoms with Crippen LogP contribution < -0.4 is 10.6 Å². The number of piperazine rings is 1. The fourth-order valence-corrected chi connectivity index (χ4v) is 4.42. The van der Waals surface area contributed by atoms with E-state index in [0.717, 1.165) is 37.7 Å². The van der Waals surface area contributed by atoms with Crippen LogP contribution in [0.5, 0.6) is 0 Å². The van der Waals surface area contributed by atoms with Crippen LogP contribution >= 0.6 is 0 Å². The van der Waals surface area contributed by atoms with Crippen LogP contribution in [0.1, 0.15) is 37.7 Å². The molecule has 2 atom stereocenters. The van der Waals surface area contributed by atoms with Gasteiger partial charge in [-0.15, -0.1) is 0 Å². The third-order valence-electron chi connectivity index (χ3n) is 5.77. The van der Waals surface area contributed by atoms with Crippen molar-refractivity contribution in [2.75, 3.05) is 0 Å². The first-order valence-electron chi connectivity index (χ1n) is 9.57. The second-order valence-electron chi connectivity index (χ2n) is 7.59. The van der Waals surface area contributed by atoms with Crippen LogP contribution in [0.4, 0.5) is 13.2 Å². The van der Waals surface area contributed by atoms with Crippen molar-refractivity contribution in [1.82, 2.24) is 10.6 Å². The van der Waals surface area contributed by atoms with Gasteiger partial charge in [-0.3, -0.25) is 10.3 Å². The van der Waals surface area contributed by atoms with Crippen molar-refractivity contribution in [3.8, 4) is 0 Å². The van der Waals surface area contributed by atoms with Crippen molar-refractivity contribution < 1.29 is 13.2 Å². The molecule has 3 nitrogen and oxygen atoms in total. The molecule has 0 bridgehead atoms. The molecule has 0 aromatic heterocycles. The van der Waals surface area contributed by atoms with Gasteiger partial charge in [0.2, 0.25) is 0 Å². The summed E-state index contributed by atoms with van der Waals surface area (Å²) in [6, 6.07) is 8.61. The van der Waals surface area contributed by atoms with E-state index < -0.39 is 17.8 Å². The summed E-state index contributed by atoms with van der Waals surface area (Å²) in [6.07, 6.45) is 5.23. The van der Waals surface area contributed by atoms with E-state index in [4.69, 9.17) is 4.99 Å². The summed E-state index contributed by atoms with van der Waals surface area (Å²) in [6.45, 7) is 0.463. The summed E-state index contributed by atoms with van der Waals surface area (Å²) in [7, 11) is 0. The maximum absolute atomic E-state index is 13.5. The van der Waals surface area contributed by atoms with E-state index in [9.17, 15) is 13.2 Å². The van der Waals surface area contributed by atoms with Crippen LogP contribution in [0, 0.1) is 0 Å². The Morgan fingerprint density at radius 3 is 2.52 bits per heavy atom. The molecule has 6 heteroatoms. The van der Waals surface area contributed by atoms with E-state index in [2.05, 4.69) is 10.6 Å². The van der Waals surface area contributed by atoms with Crippen molar-refractivity contribution in [2.24, 2.45) is 4.99 Å². The average molecular weight is 375 g/mol. The number of amidine groups is 1. The molecular weight excluding hydrogens is 351 g/mol. The van der Waals surface area contributed by atoms with Crippen LogP contribution in [0.3, 0.4) is 0 Å². The number of rotatable bonds is 2. The van der Waals surface area contributed by atoms with Gasteiger partial charge >= 0.3 is 6.18 Å². The highest BCUT2D eigenvalue weighted by Gasteiger charge is 2.50. The Bertz CT molecular complexity index is 759. The van der Waals surface area contributed by atoms with E-state index in [1.807, 2.05) is 36.4 Å². The van der Waals surface area contributed by atoms with Crippen LogP contribution in [0.2, 0.25) is 0 Å². The van der Waals surface area contributed by atoms with Gasteiger partial charge in [-0.1, -0.05) is 67.8 Å². The van der Waals surface area contributed by atoms with Crippen molar-refractivity contribution >= 4 is 5.84 Å². The monoisotopic (exact) mass is 375 g/mol. The van der Waals surface area contributed by atoms with Gasteiger partial charge in [0.1, 0.15) is 5.84 Å². The lowest BCUT2D eigenvalue weighted by Crippen LogP contribution is -2.72. The summed E-state index contributed by atoms with van der Waals surface area (Å²) < 4.78 is 40.5. The Hall–Kier alpha value is -2.08. The van der Waals surface area contributed by atoms with Crippen LogP contribution in [-0.4, -0.2) is 29.6 Å². The zero-order chi connectivity index (χ0) is 18.9. The zero-order valence-corrected chi connectivity index (χ0v) is 15.1. The van der Waals surface area contributed by atoms with E-state index in [0.29, 0.717) is 12.4 Å². The minimum Gasteiger partial charge on any atom is -0.364 e. The second kappa shape index (κ2) is 7.15. The van der Waals surface area contributed by atoms with Gasteiger partial charge in [0.05, 0.1) is 29.7 Å². The molecule has 1 heterocycles. The quantitative estimate of drug-likeness (QED) is 0.810. The van der Waals surface area contributed by atoms with E-state index in [1.54, 1.807) is 0 Å². The predicted molar refractivity (Wildman–Crippen MR) is 101 cm³/mol. The lowest BCUT2D eigenvalue weighted by atomic mass is 9.76. The molecule has 2 aliphatic carbocycles. The van der Waals surface area contributed by atoms with Crippen molar-refractivity contribution in [1.29, 1.82) is 0 Å². The van der Waals surface area contributed by atoms with Gasteiger partial charge in [-0.05, 0) is 18.4 Å². The summed E-state index contributed by atoms with van der Waals surface area (Å²) in [5.74, 6) is 0.678. The second-order valence-corrected chi connectivity index (χ2v) is 7.59. The zero-order valence-electron chi connectivity index (χ0n) is 15.1. The molecule has 1 spiro atoms. The smallest absolute Gasteiger partial charge is 0.364 e. The molecule has 2 fully saturated rings. The Kier molecular flexibility index (Phi) is 4.84. The van der Waals surface area contributed by atoms with Gasteiger partial charge in [0, 0.05) is 0 Å². The normalized spacial score (nSPS) is 28.6. The first kappa shape index (κ1) is 18.3. The maximum Gasteiger partial charge on any atom is 0.414 e. The first-order valence-corrected chi connectivity index (χ1v) is 9.57. The number of nitrogens with zero attached hydrogens (tertiary/aromatic N) is 1. The summed E-state index contributed by atoms with van der Waals surface area (Å²) >= 11 is 0. The van der Waals surface area contributed by atoms with E-state index in [1.165, 1.54) is 12.2 Å². The summed E-state index contributed by atoms with van der Waals surface area (Å²) in [5.41, 5.74) is 0.155. The van der Waals surface area contributed by atoms with Gasteiger partial charge in [-0.2, -0.15) is 13.2 Å². The van der Waals surface area contributed by atoms with Gasteiger partial charge in [-0.25, -0.2) is 0 Å². The van der Waals surface area contributed by atoms with Crippen molar-refractivity contribution in [2.45, 2.75) is 62.4 Å². The number of halogens is 3. The fraction of sp³-hybridized carbons (Fsp3) is 0.476. The molecule has 1 aromatic carbocycles. The third-order valence-corrected chi connectivity index (χ3v) is 5.77. The highest BCUT2D eigenvalue weighted by Crippen LogP contribution is 2.38. The minimum atomic E-state index is -4.36. The number of nitrogens with one attached hydrogen (secondary N) is 2. The lowest BCUT2D eigenvalue weighted by molar-refractivity contribution is -0.0976.